The van der Waals surface area contributed by atoms with Crippen molar-refractivity contribution in [2.24, 2.45) is 5.92 Å². The van der Waals surface area contributed by atoms with Gasteiger partial charge in [0.1, 0.15) is 0 Å². The van der Waals surface area contributed by atoms with E-state index in [1.807, 2.05) is 9.80 Å². The van der Waals surface area contributed by atoms with Crippen molar-refractivity contribution in [3.8, 4) is 0 Å². The van der Waals surface area contributed by atoms with Crippen LogP contribution in [0.5, 0.6) is 0 Å². The fraction of sp³-hybridized carbons (Fsp3) is 0.833. The first-order valence-corrected chi connectivity index (χ1v) is 6.42. The fourth-order valence-corrected chi connectivity index (χ4v) is 2.38. The highest BCUT2D eigenvalue weighted by Gasteiger charge is 2.24. The monoisotopic (exact) mass is 239 g/mol. The number of amides is 2. The summed E-state index contributed by atoms with van der Waals surface area (Å²) >= 11 is 0. The molecule has 17 heavy (non-hydrogen) atoms. The van der Waals surface area contributed by atoms with Crippen molar-refractivity contribution in [3.05, 3.63) is 0 Å². The van der Waals surface area contributed by atoms with Gasteiger partial charge in [-0.2, -0.15) is 0 Å². The standard InChI is InChI=1S/C12H21N3O2/c1-10-2-5-15(6-3-10)12(17)9-14-7-4-13-11(16)8-14/h10H,2-9H2,1H3,(H,13,16). The maximum absolute atomic E-state index is 12.0. The summed E-state index contributed by atoms with van der Waals surface area (Å²) in [5.41, 5.74) is 0. The van der Waals surface area contributed by atoms with Gasteiger partial charge in [-0.1, -0.05) is 6.92 Å². The molecule has 0 saturated carbocycles. The molecule has 2 amide bonds. The minimum absolute atomic E-state index is 0.0244. The van der Waals surface area contributed by atoms with Gasteiger partial charge in [0.25, 0.3) is 0 Å². The van der Waals surface area contributed by atoms with Gasteiger partial charge in [-0.25, -0.2) is 0 Å². The van der Waals surface area contributed by atoms with Crippen molar-refractivity contribution in [2.75, 3.05) is 39.3 Å². The molecule has 5 heteroatoms. The van der Waals surface area contributed by atoms with Gasteiger partial charge in [0.2, 0.25) is 11.8 Å². The minimum Gasteiger partial charge on any atom is -0.354 e. The van der Waals surface area contributed by atoms with Crippen molar-refractivity contribution in [1.29, 1.82) is 0 Å². The number of hydrogen-bond donors (Lipinski definition) is 1. The maximum Gasteiger partial charge on any atom is 0.236 e. The van der Waals surface area contributed by atoms with Crippen LogP contribution in [0.3, 0.4) is 0 Å². The van der Waals surface area contributed by atoms with Crippen LogP contribution in [0, 0.1) is 5.92 Å². The molecular formula is C12H21N3O2. The SMILES string of the molecule is CC1CCN(C(=O)CN2CCNC(=O)C2)CC1. The lowest BCUT2D eigenvalue weighted by atomic mass is 9.99. The van der Waals surface area contributed by atoms with Gasteiger partial charge in [-0.15, -0.1) is 0 Å². The number of piperidine rings is 1. The van der Waals surface area contributed by atoms with E-state index in [1.165, 1.54) is 0 Å². The van der Waals surface area contributed by atoms with Crippen LogP contribution in [0.25, 0.3) is 0 Å². The molecular weight excluding hydrogens is 218 g/mol. The number of nitrogens with one attached hydrogen (secondary N) is 1. The number of hydrogen-bond acceptors (Lipinski definition) is 3. The molecule has 2 aliphatic heterocycles. The third kappa shape index (κ3) is 3.43. The van der Waals surface area contributed by atoms with Crippen LogP contribution in [0.2, 0.25) is 0 Å². The normalized spacial score (nSPS) is 23.6. The van der Waals surface area contributed by atoms with Gasteiger partial charge in [-0.3, -0.25) is 14.5 Å². The van der Waals surface area contributed by atoms with Crippen LogP contribution in [-0.4, -0.2) is 60.9 Å². The number of piperazine rings is 1. The van der Waals surface area contributed by atoms with E-state index in [-0.39, 0.29) is 11.8 Å². The van der Waals surface area contributed by atoms with Crippen LogP contribution in [0.1, 0.15) is 19.8 Å². The molecule has 0 aromatic carbocycles. The summed E-state index contributed by atoms with van der Waals surface area (Å²) in [6, 6.07) is 0. The van der Waals surface area contributed by atoms with Crippen molar-refractivity contribution in [1.82, 2.24) is 15.1 Å². The summed E-state index contributed by atoms with van der Waals surface area (Å²) in [6.45, 7) is 6.17. The predicted octanol–water partition coefficient (Wildman–Crippen LogP) is -0.323. The lowest BCUT2D eigenvalue weighted by molar-refractivity contribution is -0.135. The van der Waals surface area contributed by atoms with E-state index in [4.69, 9.17) is 0 Å². The zero-order valence-electron chi connectivity index (χ0n) is 10.4. The van der Waals surface area contributed by atoms with Gasteiger partial charge < -0.3 is 10.2 Å². The molecule has 2 heterocycles. The fourth-order valence-electron chi connectivity index (χ4n) is 2.38. The second-order valence-corrected chi connectivity index (χ2v) is 5.12. The summed E-state index contributed by atoms with van der Waals surface area (Å²) in [7, 11) is 0. The Balaban J connectivity index is 1.78. The molecule has 96 valence electrons. The summed E-state index contributed by atoms with van der Waals surface area (Å²) in [5, 5.41) is 2.77. The lowest BCUT2D eigenvalue weighted by Gasteiger charge is -2.33. The van der Waals surface area contributed by atoms with E-state index < -0.39 is 0 Å². The second kappa shape index (κ2) is 5.49. The molecule has 2 fully saturated rings. The average molecular weight is 239 g/mol. The van der Waals surface area contributed by atoms with Crippen LogP contribution >= 0.6 is 0 Å². The lowest BCUT2D eigenvalue weighted by Crippen LogP contribution is -2.51. The van der Waals surface area contributed by atoms with E-state index in [0.717, 1.165) is 38.4 Å². The summed E-state index contributed by atoms with van der Waals surface area (Å²) in [5.74, 6) is 0.933. The van der Waals surface area contributed by atoms with Gasteiger partial charge in [0, 0.05) is 26.2 Å². The maximum atomic E-state index is 12.0. The molecule has 2 saturated heterocycles. The van der Waals surface area contributed by atoms with Gasteiger partial charge >= 0.3 is 0 Å². The Morgan fingerprint density at radius 2 is 2.06 bits per heavy atom. The highest BCUT2D eigenvalue weighted by Crippen LogP contribution is 2.16. The Kier molecular flexibility index (Phi) is 3.99. The van der Waals surface area contributed by atoms with E-state index in [0.29, 0.717) is 19.6 Å². The molecule has 0 aliphatic carbocycles. The van der Waals surface area contributed by atoms with Crippen LogP contribution in [0.15, 0.2) is 0 Å². The quantitative estimate of drug-likeness (QED) is 0.718. The highest BCUT2D eigenvalue weighted by molar-refractivity contribution is 5.81. The molecule has 5 nitrogen and oxygen atoms in total. The van der Waals surface area contributed by atoms with Crippen molar-refractivity contribution in [3.63, 3.8) is 0 Å². The number of carbonyl (C=O) groups excluding carboxylic acids is 2. The topological polar surface area (TPSA) is 52.7 Å². The van der Waals surface area contributed by atoms with Gasteiger partial charge in [0.15, 0.2) is 0 Å². The van der Waals surface area contributed by atoms with Crippen LogP contribution in [0.4, 0.5) is 0 Å². The van der Waals surface area contributed by atoms with Gasteiger partial charge in [0.05, 0.1) is 13.1 Å². The Bertz CT molecular complexity index is 298. The number of carbonyl (C=O) groups is 2. The Morgan fingerprint density at radius 1 is 1.35 bits per heavy atom. The number of rotatable bonds is 2. The van der Waals surface area contributed by atoms with E-state index in [9.17, 15) is 9.59 Å². The second-order valence-electron chi connectivity index (χ2n) is 5.12. The third-order valence-corrected chi connectivity index (χ3v) is 3.61. The summed E-state index contributed by atoms with van der Waals surface area (Å²) in [4.78, 5) is 27.1. The van der Waals surface area contributed by atoms with E-state index in [2.05, 4.69) is 12.2 Å². The van der Waals surface area contributed by atoms with Crippen molar-refractivity contribution in [2.45, 2.75) is 19.8 Å². The highest BCUT2D eigenvalue weighted by atomic mass is 16.2. The van der Waals surface area contributed by atoms with Crippen molar-refractivity contribution < 1.29 is 9.59 Å². The van der Waals surface area contributed by atoms with E-state index >= 15 is 0 Å². The van der Waals surface area contributed by atoms with Crippen LogP contribution < -0.4 is 5.32 Å². The molecule has 2 aliphatic rings. The molecule has 0 atom stereocenters. The first-order valence-electron chi connectivity index (χ1n) is 6.42. The first-order chi connectivity index (χ1) is 8.15. The molecule has 1 N–H and O–H groups in total. The minimum atomic E-state index is 0.0244. The number of nitrogens with zero attached hydrogens (tertiary/aromatic N) is 2. The molecule has 0 aromatic rings. The van der Waals surface area contributed by atoms with Crippen LogP contribution in [-0.2, 0) is 9.59 Å². The predicted molar refractivity (Wildman–Crippen MR) is 64.4 cm³/mol. The zero-order valence-corrected chi connectivity index (χ0v) is 10.4. The average Bonchev–Trinajstić information content (AvgIpc) is 2.29. The van der Waals surface area contributed by atoms with Crippen molar-refractivity contribution >= 4 is 11.8 Å². The molecule has 0 radical (unpaired) electrons. The Labute approximate surface area is 102 Å². The Hall–Kier alpha value is -1.10. The Morgan fingerprint density at radius 3 is 2.71 bits per heavy atom. The molecule has 0 bridgehead atoms. The zero-order chi connectivity index (χ0) is 12.3. The summed E-state index contributed by atoms with van der Waals surface area (Å²) in [6.07, 6.45) is 2.21. The summed E-state index contributed by atoms with van der Waals surface area (Å²) < 4.78 is 0. The number of likely N-dealkylation sites (tertiary alicyclic amines) is 1. The molecule has 0 aromatic heterocycles. The largest absolute Gasteiger partial charge is 0.354 e. The van der Waals surface area contributed by atoms with E-state index in [1.54, 1.807) is 0 Å². The molecule has 0 unspecified atom stereocenters. The molecule has 2 rings (SSSR count). The third-order valence-electron chi connectivity index (χ3n) is 3.61. The first kappa shape index (κ1) is 12.4. The molecule has 0 spiro atoms. The smallest absolute Gasteiger partial charge is 0.236 e. The van der Waals surface area contributed by atoms with Gasteiger partial charge in [-0.05, 0) is 18.8 Å².